The summed E-state index contributed by atoms with van der Waals surface area (Å²) in [6.45, 7) is 8.40. The first-order chi connectivity index (χ1) is 25.4. The van der Waals surface area contributed by atoms with Crippen LogP contribution in [0, 0.1) is 11.6 Å². The molecule has 0 unspecified atom stereocenters. The summed E-state index contributed by atoms with van der Waals surface area (Å²) in [6.07, 6.45) is 6.30. The van der Waals surface area contributed by atoms with Gasteiger partial charge < -0.3 is 10.6 Å². The molecule has 0 aliphatic carbocycles. The predicted octanol–water partition coefficient (Wildman–Crippen LogP) is 7.38. The maximum Gasteiger partial charge on any atom is 0.291 e. The van der Waals surface area contributed by atoms with Crippen molar-refractivity contribution < 1.29 is 18.4 Å². The van der Waals surface area contributed by atoms with Gasteiger partial charge in [-0.15, -0.1) is 0 Å². The molecule has 0 atom stereocenters. The molecule has 0 saturated heterocycles. The van der Waals surface area contributed by atoms with Crippen LogP contribution in [0.3, 0.4) is 0 Å². The lowest BCUT2D eigenvalue weighted by atomic mass is 10.0. The van der Waals surface area contributed by atoms with Gasteiger partial charge in [-0.1, -0.05) is 24.3 Å². The van der Waals surface area contributed by atoms with E-state index in [1.54, 1.807) is 68.1 Å². The molecule has 2 aromatic carbocycles. The maximum atomic E-state index is 13.8. The Balaban J connectivity index is 0.000000204. The lowest BCUT2D eigenvalue weighted by Gasteiger charge is -2.18. The predicted molar refractivity (Wildman–Crippen MR) is 199 cm³/mol. The average Bonchev–Trinajstić information content (AvgIpc) is 3.13. The van der Waals surface area contributed by atoms with Crippen LogP contribution in [0.4, 0.5) is 31.5 Å². The van der Waals surface area contributed by atoms with E-state index in [0.29, 0.717) is 29.0 Å². The fourth-order valence-corrected chi connectivity index (χ4v) is 5.43. The van der Waals surface area contributed by atoms with Crippen LogP contribution in [0.5, 0.6) is 0 Å². The summed E-state index contributed by atoms with van der Waals surface area (Å²) in [4.78, 5) is 58.5. The number of anilines is 4. The van der Waals surface area contributed by atoms with Crippen molar-refractivity contribution in [2.24, 2.45) is 0 Å². The maximum absolute atomic E-state index is 13.8. The summed E-state index contributed by atoms with van der Waals surface area (Å²) in [6, 6.07) is 18.2. The molecule has 0 aliphatic heterocycles. The first kappa shape index (κ1) is 37.6. The fourth-order valence-electron chi connectivity index (χ4n) is 5.43. The Morgan fingerprint density at radius 1 is 0.698 bits per heavy atom. The topological polar surface area (TPSA) is 154 Å². The zero-order valence-corrected chi connectivity index (χ0v) is 29.6. The molecule has 0 spiro atoms. The van der Waals surface area contributed by atoms with Gasteiger partial charge in [0.15, 0.2) is 11.6 Å². The van der Waals surface area contributed by atoms with Gasteiger partial charge in [0.25, 0.3) is 11.1 Å². The molecule has 4 heterocycles. The highest BCUT2D eigenvalue weighted by molar-refractivity contribution is 6.06. The Labute approximate surface area is 303 Å². The number of nitrogens with one attached hydrogen (secondary N) is 2. The number of rotatable bonds is 10. The summed E-state index contributed by atoms with van der Waals surface area (Å²) in [5.74, 6) is -1.59. The molecule has 4 aromatic heterocycles. The van der Waals surface area contributed by atoms with E-state index in [1.807, 2.05) is 13.8 Å². The smallest absolute Gasteiger partial charge is 0.291 e. The Hall–Kier alpha value is -6.70. The normalized spacial score (nSPS) is 10.7. The number of ketones is 2. The number of halogens is 2. The molecule has 14 heteroatoms. The third-order valence-electron chi connectivity index (χ3n) is 7.82. The summed E-state index contributed by atoms with van der Waals surface area (Å²) in [7, 11) is 0. The first-order valence-corrected chi connectivity index (χ1v) is 16.6. The molecule has 270 valence electrons. The Kier molecular flexibility index (Phi) is 11.7. The van der Waals surface area contributed by atoms with Gasteiger partial charge >= 0.3 is 0 Å². The molecule has 0 bridgehead atoms. The number of nitrogens with zero attached hydrogens (tertiary/aromatic N) is 6. The lowest BCUT2D eigenvalue weighted by molar-refractivity contribution is 0.101. The third kappa shape index (κ3) is 8.61. The van der Waals surface area contributed by atoms with Gasteiger partial charge in [0.05, 0.1) is 40.9 Å². The van der Waals surface area contributed by atoms with E-state index in [4.69, 9.17) is 0 Å². The molecule has 0 radical (unpaired) electrons. The third-order valence-corrected chi connectivity index (χ3v) is 7.82. The van der Waals surface area contributed by atoms with Gasteiger partial charge in [0, 0.05) is 30.1 Å². The van der Waals surface area contributed by atoms with Crippen LogP contribution < -0.4 is 21.8 Å². The summed E-state index contributed by atoms with van der Waals surface area (Å²) >= 11 is 0. The second-order valence-corrected chi connectivity index (χ2v) is 12.0. The Morgan fingerprint density at radius 3 is 1.57 bits per heavy atom. The number of Topliss-reactive ketones (excluding diaryl/α,β-unsaturated/α-hetero) is 2. The van der Waals surface area contributed by atoms with Gasteiger partial charge in [0.2, 0.25) is 0 Å². The number of benzene rings is 2. The highest BCUT2D eigenvalue weighted by Gasteiger charge is 2.24. The van der Waals surface area contributed by atoms with Gasteiger partial charge in [-0.3, -0.25) is 29.1 Å². The molecule has 12 nitrogen and oxygen atoms in total. The number of carbonyl (C=O) groups is 2. The number of carbonyl (C=O) groups excluding carboxylic acids is 2. The monoisotopic (exact) mass is 718 g/mol. The van der Waals surface area contributed by atoms with Crippen molar-refractivity contribution in [3.63, 3.8) is 0 Å². The molecule has 0 fully saturated rings. The van der Waals surface area contributed by atoms with Crippen molar-refractivity contribution in [3.05, 3.63) is 141 Å². The van der Waals surface area contributed by atoms with Crippen LogP contribution in [0.1, 0.15) is 61.4 Å². The van der Waals surface area contributed by atoms with Gasteiger partial charge in [0.1, 0.15) is 34.4 Å². The van der Waals surface area contributed by atoms with E-state index in [0.717, 1.165) is 0 Å². The van der Waals surface area contributed by atoms with Crippen LogP contribution in [0.15, 0.2) is 107 Å². The Bertz CT molecular complexity index is 2400. The van der Waals surface area contributed by atoms with Gasteiger partial charge in [-0.2, -0.15) is 10.2 Å². The van der Waals surface area contributed by atoms with Crippen LogP contribution in [-0.4, -0.2) is 41.1 Å². The van der Waals surface area contributed by atoms with E-state index < -0.39 is 22.8 Å². The quantitative estimate of drug-likeness (QED) is 0.137. The van der Waals surface area contributed by atoms with Crippen molar-refractivity contribution in [3.8, 4) is 22.5 Å². The molecule has 0 amide bonds. The molecular weight excluding hydrogens is 682 g/mol. The van der Waals surface area contributed by atoms with Crippen molar-refractivity contribution in [2.45, 2.75) is 47.2 Å². The average molecular weight is 719 g/mol. The lowest BCUT2D eigenvalue weighted by Crippen LogP contribution is -2.30. The SMILES string of the molecule is CC(=O)c1c(-c2cccc(F)c2)nn(C(C)C)c(=O)c1Nc1cccnc1.CCn1nc(-c2cccc(F)c2)c(C(C)=O)c(Nc2cccnc2)c1=O. The highest BCUT2D eigenvalue weighted by Crippen LogP contribution is 2.30. The molecule has 2 N–H and O–H groups in total. The zero-order valence-electron chi connectivity index (χ0n) is 29.6. The second kappa shape index (κ2) is 16.5. The van der Waals surface area contributed by atoms with E-state index in [1.165, 1.54) is 59.6 Å². The standard InChI is InChI=1S/C20H19FN4O2.C19H17FN4O2/c1-12(2)25-20(27)19(23-16-8-5-9-22-11-16)17(13(3)26)18(24-25)14-6-4-7-15(21)10-14;1-3-24-19(26)18(22-15-8-5-9-21-11-15)16(12(2)25)17(23-24)13-6-4-7-14(20)10-13/h4-12,23H,1-3H3;4-11,22H,3H2,1-2H3. The second-order valence-electron chi connectivity index (χ2n) is 12.0. The molecule has 0 saturated carbocycles. The minimum absolute atomic E-state index is 0.0958. The minimum atomic E-state index is -0.451. The molecule has 6 aromatic rings. The van der Waals surface area contributed by atoms with Crippen molar-refractivity contribution in [1.29, 1.82) is 0 Å². The van der Waals surface area contributed by atoms with Crippen LogP contribution >= 0.6 is 0 Å². The summed E-state index contributed by atoms with van der Waals surface area (Å²) in [5, 5.41) is 14.6. The number of aromatic nitrogens is 6. The van der Waals surface area contributed by atoms with Crippen molar-refractivity contribution in [1.82, 2.24) is 29.5 Å². The highest BCUT2D eigenvalue weighted by atomic mass is 19.1. The minimum Gasteiger partial charge on any atom is -0.349 e. The number of pyridine rings is 2. The van der Waals surface area contributed by atoms with E-state index >= 15 is 0 Å². The van der Waals surface area contributed by atoms with Crippen LogP contribution in [0.25, 0.3) is 22.5 Å². The van der Waals surface area contributed by atoms with Gasteiger partial charge in [-0.25, -0.2) is 18.1 Å². The number of hydrogen-bond acceptors (Lipinski definition) is 10. The molecule has 0 aliphatic rings. The Morgan fingerprint density at radius 2 is 1.17 bits per heavy atom. The van der Waals surface area contributed by atoms with Crippen molar-refractivity contribution >= 4 is 34.3 Å². The van der Waals surface area contributed by atoms with E-state index in [9.17, 15) is 28.0 Å². The molecular formula is C39H36F2N8O4. The summed E-state index contributed by atoms with van der Waals surface area (Å²) in [5.41, 5.74) is 2.04. The molecule has 6 rings (SSSR count). The zero-order chi connectivity index (χ0) is 38.2. The van der Waals surface area contributed by atoms with E-state index in [2.05, 4.69) is 30.8 Å². The number of aryl methyl sites for hydroxylation is 1. The summed E-state index contributed by atoms with van der Waals surface area (Å²) < 4.78 is 30.0. The fraction of sp³-hybridized carbons (Fsp3) is 0.179. The van der Waals surface area contributed by atoms with Gasteiger partial charge in [-0.05, 0) is 83.1 Å². The van der Waals surface area contributed by atoms with Crippen LogP contribution in [-0.2, 0) is 6.54 Å². The van der Waals surface area contributed by atoms with Crippen LogP contribution in [0.2, 0.25) is 0 Å². The first-order valence-electron chi connectivity index (χ1n) is 16.6. The van der Waals surface area contributed by atoms with E-state index in [-0.39, 0.29) is 51.5 Å². The molecule has 53 heavy (non-hydrogen) atoms. The van der Waals surface area contributed by atoms with Crippen molar-refractivity contribution in [2.75, 3.05) is 10.6 Å². The number of hydrogen-bond donors (Lipinski definition) is 2. The largest absolute Gasteiger partial charge is 0.349 e.